The topological polar surface area (TPSA) is 110 Å². The quantitative estimate of drug-likeness (QED) is 0.757. The van der Waals surface area contributed by atoms with Crippen molar-refractivity contribution in [1.29, 1.82) is 0 Å². The van der Waals surface area contributed by atoms with Crippen molar-refractivity contribution in [3.05, 3.63) is 36.2 Å². The Labute approximate surface area is 140 Å². The Bertz CT molecular complexity index is 884. The van der Waals surface area contributed by atoms with E-state index in [0.717, 1.165) is 24.0 Å². The van der Waals surface area contributed by atoms with Gasteiger partial charge >= 0.3 is 0 Å². The van der Waals surface area contributed by atoms with Crippen molar-refractivity contribution in [3.8, 4) is 11.3 Å². The molecule has 2 saturated heterocycles. The van der Waals surface area contributed by atoms with Gasteiger partial charge in [0.25, 0.3) is 0 Å². The number of aryl methyl sites for hydroxylation is 1. The van der Waals surface area contributed by atoms with Crippen LogP contribution in [-0.2, 0) is 10.0 Å². The van der Waals surface area contributed by atoms with E-state index in [4.69, 9.17) is 5.73 Å². The van der Waals surface area contributed by atoms with Crippen LogP contribution in [0.2, 0.25) is 0 Å². The molecule has 2 aromatic rings. The van der Waals surface area contributed by atoms with Gasteiger partial charge in [0, 0.05) is 23.7 Å². The lowest BCUT2D eigenvalue weighted by Crippen LogP contribution is -2.54. The molecule has 0 atom stereocenters. The van der Waals surface area contributed by atoms with E-state index in [1.54, 1.807) is 24.4 Å². The Morgan fingerprint density at radius 3 is 2.71 bits per heavy atom. The first-order valence-electron chi connectivity index (χ1n) is 7.83. The molecule has 2 bridgehead atoms. The van der Waals surface area contributed by atoms with Crippen molar-refractivity contribution >= 4 is 15.8 Å². The van der Waals surface area contributed by atoms with E-state index in [9.17, 15) is 8.42 Å². The second kappa shape index (κ2) is 5.23. The van der Waals surface area contributed by atoms with E-state index in [1.807, 2.05) is 6.92 Å². The molecule has 3 aliphatic rings. The van der Waals surface area contributed by atoms with Crippen LogP contribution in [0.15, 0.2) is 35.5 Å². The Kier molecular flexibility index (Phi) is 3.38. The molecule has 3 heterocycles. The summed E-state index contributed by atoms with van der Waals surface area (Å²) in [5.74, 6) is 0.328. The summed E-state index contributed by atoms with van der Waals surface area (Å²) in [5, 5.41) is 3.30. The minimum atomic E-state index is -3.58. The molecule has 1 aromatic heterocycles. The number of hydrogen-bond acceptors (Lipinski definition) is 6. The van der Waals surface area contributed by atoms with E-state index in [1.165, 1.54) is 6.20 Å². The average Bonchev–Trinajstić information content (AvgIpc) is 3.08. The number of nitrogen functional groups attached to an aromatic ring is 1. The predicted octanol–water partition coefficient (Wildman–Crippen LogP) is 0.817. The first-order valence-corrected chi connectivity index (χ1v) is 9.31. The third-order valence-corrected chi connectivity index (χ3v) is 6.40. The van der Waals surface area contributed by atoms with Gasteiger partial charge in [0.15, 0.2) is 0 Å². The molecule has 5 rings (SSSR count). The van der Waals surface area contributed by atoms with E-state index in [2.05, 4.69) is 20.0 Å². The number of rotatable bonds is 4. The number of fused-ring (bicyclic) bond motifs is 1. The highest BCUT2D eigenvalue weighted by atomic mass is 32.2. The fraction of sp³-hybridized carbons (Fsp3) is 0.375. The van der Waals surface area contributed by atoms with E-state index < -0.39 is 10.0 Å². The third-order valence-electron chi connectivity index (χ3n) is 4.82. The average molecular weight is 345 g/mol. The molecule has 8 heteroatoms. The zero-order chi connectivity index (χ0) is 16.9. The summed E-state index contributed by atoms with van der Waals surface area (Å²) in [4.78, 5) is 8.52. The van der Waals surface area contributed by atoms with Crippen LogP contribution in [0.3, 0.4) is 0 Å². The Balaban J connectivity index is 1.68. The van der Waals surface area contributed by atoms with Gasteiger partial charge in [-0.05, 0) is 37.5 Å². The van der Waals surface area contributed by atoms with Crippen LogP contribution in [0, 0.1) is 6.92 Å². The standard InChI is InChI=1S/C16H19N5O2S/c1-10-2-3-12(4-13(10)14-7-19-15(17)8-18-14)24(22,23)21-16-5-11(6-16)20-9-16/h2-4,7-8,11,20-21H,5-6,9H2,1H3,(H2,17,19). The van der Waals surface area contributed by atoms with Crippen molar-refractivity contribution in [2.24, 2.45) is 0 Å². The molecule has 0 radical (unpaired) electrons. The van der Waals surface area contributed by atoms with Crippen LogP contribution in [0.4, 0.5) is 5.82 Å². The molecule has 1 aromatic carbocycles. The van der Waals surface area contributed by atoms with Gasteiger partial charge in [-0.3, -0.25) is 4.98 Å². The maximum atomic E-state index is 12.8. The zero-order valence-electron chi connectivity index (χ0n) is 13.3. The van der Waals surface area contributed by atoms with Crippen molar-refractivity contribution < 1.29 is 8.42 Å². The lowest BCUT2D eigenvalue weighted by atomic mass is 9.79. The maximum absolute atomic E-state index is 12.8. The number of sulfonamides is 1. The van der Waals surface area contributed by atoms with Gasteiger partial charge in [-0.1, -0.05) is 6.07 Å². The third kappa shape index (κ3) is 2.56. The Hall–Kier alpha value is -2.03. The second-order valence-corrected chi connectivity index (χ2v) is 8.36. The molecule has 1 saturated carbocycles. The molecule has 24 heavy (non-hydrogen) atoms. The summed E-state index contributed by atoms with van der Waals surface area (Å²) in [7, 11) is -3.58. The number of nitrogens with one attached hydrogen (secondary N) is 2. The Morgan fingerprint density at radius 1 is 1.29 bits per heavy atom. The molecule has 2 aliphatic heterocycles. The molecule has 7 nitrogen and oxygen atoms in total. The summed E-state index contributed by atoms with van der Waals surface area (Å²) in [6.07, 6.45) is 4.73. The largest absolute Gasteiger partial charge is 0.382 e. The number of nitrogens with two attached hydrogens (primary N) is 1. The minimum Gasteiger partial charge on any atom is -0.382 e. The molecule has 1 aliphatic carbocycles. The van der Waals surface area contributed by atoms with Crippen molar-refractivity contribution in [2.45, 2.75) is 36.2 Å². The Morgan fingerprint density at radius 2 is 2.08 bits per heavy atom. The van der Waals surface area contributed by atoms with E-state index in [0.29, 0.717) is 24.1 Å². The summed E-state index contributed by atoms with van der Waals surface area (Å²) >= 11 is 0. The predicted molar refractivity (Wildman–Crippen MR) is 90.7 cm³/mol. The summed E-state index contributed by atoms with van der Waals surface area (Å²) < 4.78 is 28.4. The lowest BCUT2D eigenvalue weighted by Gasteiger charge is -2.37. The number of benzene rings is 1. The maximum Gasteiger partial charge on any atom is 0.241 e. The molecule has 3 fully saturated rings. The van der Waals surface area contributed by atoms with Gasteiger partial charge in [-0.15, -0.1) is 0 Å². The van der Waals surface area contributed by atoms with Crippen LogP contribution in [0.5, 0.6) is 0 Å². The van der Waals surface area contributed by atoms with E-state index >= 15 is 0 Å². The van der Waals surface area contributed by atoms with Crippen LogP contribution in [-0.4, -0.2) is 36.5 Å². The molecular formula is C16H19N5O2S. The smallest absolute Gasteiger partial charge is 0.241 e. The van der Waals surface area contributed by atoms with Gasteiger partial charge in [0.1, 0.15) is 5.82 Å². The highest BCUT2D eigenvalue weighted by molar-refractivity contribution is 7.89. The van der Waals surface area contributed by atoms with Crippen LogP contribution in [0.1, 0.15) is 18.4 Å². The molecular weight excluding hydrogens is 326 g/mol. The van der Waals surface area contributed by atoms with Crippen LogP contribution < -0.4 is 15.8 Å². The summed E-state index contributed by atoms with van der Waals surface area (Å²) in [6, 6.07) is 5.51. The fourth-order valence-corrected chi connectivity index (χ4v) is 4.94. The molecule has 4 N–H and O–H groups in total. The first-order chi connectivity index (χ1) is 11.4. The zero-order valence-corrected chi connectivity index (χ0v) is 14.1. The van der Waals surface area contributed by atoms with Gasteiger partial charge in [-0.25, -0.2) is 18.1 Å². The molecule has 0 amide bonds. The monoisotopic (exact) mass is 345 g/mol. The highest BCUT2D eigenvalue weighted by Gasteiger charge is 2.52. The van der Waals surface area contributed by atoms with Crippen molar-refractivity contribution in [2.75, 3.05) is 12.3 Å². The summed E-state index contributed by atoms with van der Waals surface area (Å²) in [6.45, 7) is 2.60. The molecule has 0 unspecified atom stereocenters. The summed E-state index contributed by atoms with van der Waals surface area (Å²) in [5.41, 5.74) is 7.51. The van der Waals surface area contributed by atoms with Gasteiger partial charge in [0.05, 0.1) is 23.0 Å². The van der Waals surface area contributed by atoms with Crippen LogP contribution in [0.25, 0.3) is 11.3 Å². The number of anilines is 1. The molecule has 126 valence electrons. The second-order valence-electron chi connectivity index (χ2n) is 6.68. The normalized spacial score (nSPS) is 25.5. The first kappa shape index (κ1) is 15.5. The fourth-order valence-electron chi connectivity index (χ4n) is 3.50. The van der Waals surface area contributed by atoms with Gasteiger partial charge in [0.2, 0.25) is 10.0 Å². The lowest BCUT2D eigenvalue weighted by molar-refractivity contribution is 0.279. The van der Waals surface area contributed by atoms with Gasteiger partial charge < -0.3 is 11.1 Å². The highest BCUT2D eigenvalue weighted by Crippen LogP contribution is 2.39. The number of aromatic nitrogens is 2. The van der Waals surface area contributed by atoms with E-state index in [-0.39, 0.29) is 10.4 Å². The van der Waals surface area contributed by atoms with Gasteiger partial charge in [-0.2, -0.15) is 0 Å². The van der Waals surface area contributed by atoms with Crippen LogP contribution >= 0.6 is 0 Å². The number of hydrogen-bond donors (Lipinski definition) is 3. The van der Waals surface area contributed by atoms with Crippen molar-refractivity contribution in [1.82, 2.24) is 20.0 Å². The van der Waals surface area contributed by atoms with Crippen molar-refractivity contribution in [3.63, 3.8) is 0 Å². The SMILES string of the molecule is Cc1ccc(S(=O)(=O)NC23CNC(C2)C3)cc1-c1cnc(N)cn1. The number of nitrogens with zero attached hydrogens (tertiary/aromatic N) is 2. The molecule has 0 spiro atoms. The minimum absolute atomic E-state index is 0.242.